The standard InChI is InChI=1S/C5H8O2.C5H12O2.CH4/c1-3-6-5(2)4-7-5;1-3-7-4-5(2)6;/h3H,1,4H2,2H3;5-6H,3-4H2,1-2H3;1H4. The fourth-order valence-electron chi connectivity index (χ4n) is 0.634. The molecule has 1 N–H and O–H groups in total. The van der Waals surface area contributed by atoms with Crippen LogP contribution in [0.5, 0.6) is 0 Å². The Labute approximate surface area is 92.8 Å². The first kappa shape index (κ1) is 16.8. The van der Waals surface area contributed by atoms with Crippen LogP contribution in [-0.2, 0) is 14.2 Å². The maximum absolute atomic E-state index is 8.56. The molecule has 2 unspecified atom stereocenters. The highest BCUT2D eigenvalue weighted by Gasteiger charge is 2.40. The minimum atomic E-state index is -0.319. The molecule has 1 saturated heterocycles. The van der Waals surface area contributed by atoms with Crippen LogP contribution in [0.3, 0.4) is 0 Å². The van der Waals surface area contributed by atoms with Gasteiger partial charge in [0.05, 0.1) is 19.0 Å². The zero-order chi connectivity index (χ0) is 11.0. The average Bonchev–Trinajstić information content (AvgIpc) is 2.82. The van der Waals surface area contributed by atoms with Crippen molar-refractivity contribution in [3.8, 4) is 0 Å². The van der Waals surface area contributed by atoms with Gasteiger partial charge in [0.15, 0.2) is 0 Å². The van der Waals surface area contributed by atoms with E-state index < -0.39 is 0 Å². The maximum atomic E-state index is 8.56. The third kappa shape index (κ3) is 11.3. The van der Waals surface area contributed by atoms with Crippen molar-refractivity contribution in [2.24, 2.45) is 0 Å². The second kappa shape index (κ2) is 8.71. The molecule has 0 aromatic rings. The number of aliphatic hydroxyl groups excluding tert-OH is 1. The lowest BCUT2D eigenvalue weighted by Gasteiger charge is -2.00. The number of aliphatic hydroxyl groups is 1. The van der Waals surface area contributed by atoms with Crippen molar-refractivity contribution in [2.75, 3.05) is 19.8 Å². The molecule has 0 spiro atoms. The minimum absolute atomic E-state index is 0. The van der Waals surface area contributed by atoms with Crippen molar-refractivity contribution >= 4 is 0 Å². The molecule has 0 aromatic heterocycles. The van der Waals surface area contributed by atoms with Crippen LogP contribution < -0.4 is 0 Å². The predicted octanol–water partition coefficient (Wildman–Crippen LogP) is 1.93. The van der Waals surface area contributed by atoms with Gasteiger partial charge in [-0.1, -0.05) is 14.0 Å². The molecule has 0 saturated carbocycles. The van der Waals surface area contributed by atoms with Crippen molar-refractivity contribution in [3.63, 3.8) is 0 Å². The molecule has 0 bridgehead atoms. The van der Waals surface area contributed by atoms with E-state index in [9.17, 15) is 0 Å². The van der Waals surface area contributed by atoms with Gasteiger partial charge in [-0.25, -0.2) is 0 Å². The van der Waals surface area contributed by atoms with Crippen LogP contribution in [0.2, 0.25) is 0 Å². The highest BCUT2D eigenvalue weighted by molar-refractivity contribution is 4.77. The van der Waals surface area contributed by atoms with Gasteiger partial charge in [-0.05, 0) is 13.8 Å². The van der Waals surface area contributed by atoms with E-state index in [4.69, 9.17) is 19.3 Å². The quantitative estimate of drug-likeness (QED) is 0.568. The predicted molar refractivity (Wildman–Crippen MR) is 60.5 cm³/mol. The Morgan fingerprint density at radius 2 is 2.20 bits per heavy atom. The first-order chi connectivity index (χ1) is 6.54. The van der Waals surface area contributed by atoms with Crippen molar-refractivity contribution in [3.05, 3.63) is 12.8 Å². The Kier molecular flexibility index (Phi) is 9.77. The Bertz CT molecular complexity index is 153. The zero-order valence-electron chi connectivity index (χ0n) is 9.16. The molecule has 0 radical (unpaired) electrons. The summed E-state index contributed by atoms with van der Waals surface area (Å²) in [5, 5.41) is 8.56. The topological polar surface area (TPSA) is 51.2 Å². The molecule has 15 heavy (non-hydrogen) atoms. The van der Waals surface area contributed by atoms with E-state index >= 15 is 0 Å². The van der Waals surface area contributed by atoms with Crippen LogP contribution in [0.1, 0.15) is 28.2 Å². The SMILES string of the molecule is C.C=COC1(C)CO1.CCOCC(C)O. The van der Waals surface area contributed by atoms with Gasteiger partial charge < -0.3 is 19.3 Å². The fourth-order valence-corrected chi connectivity index (χ4v) is 0.634. The van der Waals surface area contributed by atoms with Gasteiger partial charge in [-0.15, -0.1) is 0 Å². The second-order valence-electron chi connectivity index (χ2n) is 3.22. The Hall–Kier alpha value is -0.580. The lowest BCUT2D eigenvalue weighted by Crippen LogP contribution is -2.09. The number of hydrogen-bond donors (Lipinski definition) is 1. The van der Waals surface area contributed by atoms with Gasteiger partial charge in [0.25, 0.3) is 0 Å². The van der Waals surface area contributed by atoms with E-state index in [1.165, 1.54) is 6.26 Å². The summed E-state index contributed by atoms with van der Waals surface area (Å²) in [5.41, 5.74) is 0. The normalized spacial score (nSPS) is 24.0. The van der Waals surface area contributed by atoms with Gasteiger partial charge in [0.1, 0.15) is 6.61 Å². The smallest absolute Gasteiger partial charge is 0.230 e. The molecule has 1 rings (SSSR count). The van der Waals surface area contributed by atoms with E-state index in [1.54, 1.807) is 6.92 Å². The van der Waals surface area contributed by atoms with Gasteiger partial charge in [-0.2, -0.15) is 0 Å². The first-order valence-corrected chi connectivity index (χ1v) is 4.72. The molecule has 4 nitrogen and oxygen atoms in total. The molecule has 1 aliphatic heterocycles. The number of epoxide rings is 1. The molecule has 0 amide bonds. The van der Waals surface area contributed by atoms with E-state index in [0.29, 0.717) is 19.8 Å². The zero-order valence-corrected chi connectivity index (χ0v) is 9.16. The molecule has 0 aliphatic carbocycles. The highest BCUT2D eigenvalue weighted by Crippen LogP contribution is 2.26. The molecule has 2 atom stereocenters. The van der Waals surface area contributed by atoms with Gasteiger partial charge >= 0.3 is 0 Å². The van der Waals surface area contributed by atoms with Crippen molar-refractivity contribution in [1.29, 1.82) is 0 Å². The molecule has 0 aromatic carbocycles. The summed E-state index contributed by atoms with van der Waals surface area (Å²) in [7, 11) is 0. The van der Waals surface area contributed by atoms with Crippen LogP contribution in [0.25, 0.3) is 0 Å². The van der Waals surface area contributed by atoms with Gasteiger partial charge in [0.2, 0.25) is 5.79 Å². The molecule has 1 fully saturated rings. The second-order valence-corrected chi connectivity index (χ2v) is 3.22. The molecule has 1 heterocycles. The summed E-state index contributed by atoms with van der Waals surface area (Å²) < 4.78 is 14.6. The fraction of sp³-hybridized carbons (Fsp3) is 0.818. The molecular weight excluding hydrogens is 196 g/mol. The number of hydrogen-bond acceptors (Lipinski definition) is 4. The summed E-state index contributed by atoms with van der Waals surface area (Å²) in [6.07, 6.45) is 1.08. The lowest BCUT2D eigenvalue weighted by molar-refractivity contribution is 0.0371. The van der Waals surface area contributed by atoms with Gasteiger partial charge in [0, 0.05) is 13.5 Å². The van der Waals surface area contributed by atoms with Crippen molar-refractivity contribution in [2.45, 2.75) is 40.1 Å². The molecular formula is C11H24O4. The lowest BCUT2D eigenvalue weighted by atomic mass is 10.4. The summed E-state index contributed by atoms with van der Waals surface area (Å²) in [4.78, 5) is 0. The monoisotopic (exact) mass is 220 g/mol. The van der Waals surface area contributed by atoms with E-state index in [1.807, 2.05) is 13.8 Å². The van der Waals surface area contributed by atoms with Crippen molar-refractivity contribution < 1.29 is 19.3 Å². The Balaban J connectivity index is 0. The minimum Gasteiger partial charge on any atom is -0.468 e. The van der Waals surface area contributed by atoms with E-state index in [-0.39, 0.29) is 19.3 Å². The third-order valence-corrected chi connectivity index (χ3v) is 1.45. The average molecular weight is 220 g/mol. The summed E-state index contributed by atoms with van der Waals surface area (Å²) in [5.74, 6) is -0.318. The summed E-state index contributed by atoms with van der Waals surface area (Å²) >= 11 is 0. The van der Waals surface area contributed by atoms with Crippen LogP contribution >= 0.6 is 0 Å². The van der Waals surface area contributed by atoms with Crippen LogP contribution in [0.15, 0.2) is 12.8 Å². The largest absolute Gasteiger partial charge is 0.468 e. The van der Waals surface area contributed by atoms with Gasteiger partial charge in [-0.3, -0.25) is 0 Å². The number of rotatable bonds is 5. The first-order valence-electron chi connectivity index (χ1n) is 4.72. The molecule has 4 heteroatoms. The van der Waals surface area contributed by atoms with E-state index in [0.717, 1.165) is 0 Å². The molecule has 1 aliphatic rings. The third-order valence-electron chi connectivity index (χ3n) is 1.45. The highest BCUT2D eigenvalue weighted by atomic mass is 16.8. The maximum Gasteiger partial charge on any atom is 0.230 e. The number of ether oxygens (including phenoxy) is 3. The van der Waals surface area contributed by atoms with Crippen LogP contribution in [0.4, 0.5) is 0 Å². The van der Waals surface area contributed by atoms with E-state index in [2.05, 4.69) is 6.58 Å². The summed E-state index contributed by atoms with van der Waals surface area (Å²) in [6, 6.07) is 0. The van der Waals surface area contributed by atoms with Crippen LogP contribution in [-0.4, -0.2) is 36.8 Å². The Morgan fingerprint density at radius 1 is 1.67 bits per heavy atom. The van der Waals surface area contributed by atoms with Crippen LogP contribution in [0, 0.1) is 0 Å². The Morgan fingerprint density at radius 3 is 2.33 bits per heavy atom. The molecule has 92 valence electrons. The summed E-state index contributed by atoms with van der Waals surface area (Å²) in [6.45, 7) is 10.7. The van der Waals surface area contributed by atoms with Crippen molar-refractivity contribution in [1.82, 2.24) is 0 Å².